The minimum absolute atomic E-state index is 0.212. The third-order valence-corrected chi connectivity index (χ3v) is 6.17. The summed E-state index contributed by atoms with van der Waals surface area (Å²) in [5, 5.41) is 6.63. The predicted molar refractivity (Wildman–Crippen MR) is 147 cm³/mol. The lowest BCUT2D eigenvalue weighted by Gasteiger charge is -2.24. The van der Waals surface area contributed by atoms with E-state index in [2.05, 4.69) is 27.5 Å². The molecule has 0 spiro atoms. The average Bonchev–Trinajstić information content (AvgIpc) is 3.62. The van der Waals surface area contributed by atoms with Crippen LogP contribution in [-0.4, -0.2) is 41.7 Å². The maximum atomic E-state index is 13.4. The zero-order valence-corrected chi connectivity index (χ0v) is 22.1. The van der Waals surface area contributed by atoms with Crippen LogP contribution in [0.15, 0.2) is 42.5 Å². The fourth-order valence-corrected chi connectivity index (χ4v) is 4.09. The van der Waals surface area contributed by atoms with Gasteiger partial charge in [-0.15, -0.1) is 0 Å². The SMILES string of the molecule is CC(C)(C)OC(=O)N[C@@H](CCCN)CNC(=O)c1[nH]c2cc(-c3ccc(F)cc3)ccc2c1C#CC1CC1. The minimum atomic E-state index is -0.627. The standard InChI is InChI=1S/C30H35FN4O3/c1-30(2,3)38-29(37)34-23(5-4-16-32)18-33-28(36)27-25(14-8-19-6-7-19)24-15-11-21(17-26(24)35-27)20-9-12-22(31)13-10-20/h9-13,15,17,19,23,35H,4-7,16,18,32H2,1-3H3,(H,33,36)(H,34,37)/t23-/m0/s1. The number of carbonyl (C=O) groups is 2. The number of fused-ring (bicyclic) bond motifs is 1. The number of halogens is 1. The molecule has 7 nitrogen and oxygen atoms in total. The first-order valence-electron chi connectivity index (χ1n) is 13.0. The first kappa shape index (κ1) is 27.2. The average molecular weight is 519 g/mol. The lowest BCUT2D eigenvalue weighted by atomic mass is 10.0. The summed E-state index contributed by atoms with van der Waals surface area (Å²) in [7, 11) is 0. The molecule has 1 aromatic heterocycles. The normalized spacial score (nSPS) is 13.9. The summed E-state index contributed by atoms with van der Waals surface area (Å²) in [6.45, 7) is 6.07. The number of benzene rings is 2. The second-order valence-electron chi connectivity index (χ2n) is 10.7. The van der Waals surface area contributed by atoms with Gasteiger partial charge in [0.25, 0.3) is 5.91 Å². The van der Waals surface area contributed by atoms with E-state index in [0.717, 1.165) is 34.9 Å². The first-order chi connectivity index (χ1) is 18.1. The Kier molecular flexibility index (Phi) is 8.38. The van der Waals surface area contributed by atoms with Gasteiger partial charge in [-0.05, 0) is 82.3 Å². The van der Waals surface area contributed by atoms with Crippen LogP contribution in [0.3, 0.4) is 0 Å². The maximum absolute atomic E-state index is 13.4. The lowest BCUT2D eigenvalue weighted by molar-refractivity contribution is 0.0498. The molecule has 0 radical (unpaired) electrons. The van der Waals surface area contributed by atoms with E-state index in [9.17, 15) is 14.0 Å². The Morgan fingerprint density at radius 2 is 1.87 bits per heavy atom. The molecule has 0 saturated heterocycles. The van der Waals surface area contributed by atoms with Crippen molar-refractivity contribution in [2.24, 2.45) is 11.7 Å². The second kappa shape index (κ2) is 11.7. The molecule has 2 aromatic carbocycles. The third kappa shape index (κ3) is 7.36. The maximum Gasteiger partial charge on any atom is 0.407 e. The van der Waals surface area contributed by atoms with Crippen molar-refractivity contribution in [2.45, 2.75) is 58.1 Å². The molecule has 0 bridgehead atoms. The number of ether oxygens (including phenoxy) is 1. The van der Waals surface area contributed by atoms with E-state index in [1.54, 1.807) is 32.9 Å². The molecule has 200 valence electrons. The fraction of sp³-hybridized carbons (Fsp3) is 0.400. The van der Waals surface area contributed by atoms with Gasteiger partial charge in [-0.2, -0.15) is 0 Å². The van der Waals surface area contributed by atoms with Gasteiger partial charge in [-0.3, -0.25) is 4.79 Å². The largest absolute Gasteiger partial charge is 0.444 e. The number of alkyl carbamates (subject to hydrolysis) is 1. The number of nitrogens with two attached hydrogens (primary N) is 1. The second-order valence-corrected chi connectivity index (χ2v) is 10.7. The van der Waals surface area contributed by atoms with E-state index >= 15 is 0 Å². The van der Waals surface area contributed by atoms with Gasteiger partial charge in [0.1, 0.15) is 17.1 Å². The molecule has 5 N–H and O–H groups in total. The van der Waals surface area contributed by atoms with Crippen LogP contribution in [0.4, 0.5) is 9.18 Å². The molecule has 1 atom stereocenters. The highest BCUT2D eigenvalue weighted by molar-refractivity contribution is 6.03. The molecule has 0 unspecified atom stereocenters. The molecule has 1 heterocycles. The van der Waals surface area contributed by atoms with Crippen molar-refractivity contribution in [2.75, 3.05) is 13.1 Å². The van der Waals surface area contributed by atoms with Crippen molar-refractivity contribution in [3.05, 3.63) is 59.5 Å². The molecule has 1 saturated carbocycles. The number of nitrogens with one attached hydrogen (secondary N) is 3. The summed E-state index contributed by atoms with van der Waals surface area (Å²) >= 11 is 0. The van der Waals surface area contributed by atoms with Gasteiger partial charge < -0.3 is 26.1 Å². The van der Waals surface area contributed by atoms with Crippen molar-refractivity contribution < 1.29 is 18.7 Å². The van der Waals surface area contributed by atoms with Gasteiger partial charge in [0.05, 0.1) is 5.56 Å². The number of aromatic nitrogens is 1. The van der Waals surface area contributed by atoms with Crippen LogP contribution in [0.2, 0.25) is 0 Å². The van der Waals surface area contributed by atoms with Gasteiger partial charge >= 0.3 is 6.09 Å². The van der Waals surface area contributed by atoms with Crippen LogP contribution in [0, 0.1) is 23.6 Å². The zero-order valence-electron chi connectivity index (χ0n) is 22.1. The fourth-order valence-electron chi connectivity index (χ4n) is 4.09. The summed E-state index contributed by atoms with van der Waals surface area (Å²) in [5.74, 6) is 6.25. The molecule has 0 aliphatic heterocycles. The number of H-pyrrole nitrogens is 1. The Morgan fingerprint density at radius 3 is 2.53 bits per heavy atom. The molecule has 1 aliphatic rings. The smallest absolute Gasteiger partial charge is 0.407 e. The first-order valence-corrected chi connectivity index (χ1v) is 13.0. The van der Waals surface area contributed by atoms with E-state index < -0.39 is 11.7 Å². The Bertz CT molecular complexity index is 1360. The van der Waals surface area contributed by atoms with Crippen LogP contribution >= 0.6 is 0 Å². The molecule has 8 heteroatoms. The Hall–Kier alpha value is -3.83. The van der Waals surface area contributed by atoms with Gasteiger partial charge in [0.2, 0.25) is 0 Å². The minimum Gasteiger partial charge on any atom is -0.444 e. The highest BCUT2D eigenvalue weighted by Gasteiger charge is 2.23. The number of hydrogen-bond donors (Lipinski definition) is 4. The number of aromatic amines is 1. The molecular formula is C30H35FN4O3. The Balaban J connectivity index is 1.56. The molecule has 2 amide bonds. The number of amides is 2. The van der Waals surface area contributed by atoms with E-state index in [1.807, 2.05) is 18.2 Å². The summed E-state index contributed by atoms with van der Waals surface area (Å²) in [4.78, 5) is 28.9. The monoisotopic (exact) mass is 518 g/mol. The van der Waals surface area contributed by atoms with Crippen LogP contribution in [0.1, 0.15) is 62.5 Å². The van der Waals surface area contributed by atoms with Crippen molar-refractivity contribution in [1.82, 2.24) is 15.6 Å². The van der Waals surface area contributed by atoms with Crippen molar-refractivity contribution >= 4 is 22.9 Å². The molecule has 1 fully saturated rings. The molecule has 4 rings (SSSR count). The number of hydrogen-bond acceptors (Lipinski definition) is 4. The lowest BCUT2D eigenvalue weighted by Crippen LogP contribution is -2.45. The summed E-state index contributed by atoms with van der Waals surface area (Å²) < 4.78 is 18.8. The van der Waals surface area contributed by atoms with E-state index in [4.69, 9.17) is 10.5 Å². The highest BCUT2D eigenvalue weighted by Crippen LogP contribution is 2.30. The summed E-state index contributed by atoms with van der Waals surface area (Å²) in [6.07, 6.45) is 2.89. The van der Waals surface area contributed by atoms with Gasteiger partial charge in [0, 0.05) is 29.4 Å². The topological polar surface area (TPSA) is 109 Å². The van der Waals surface area contributed by atoms with Crippen LogP contribution in [0.5, 0.6) is 0 Å². The molecular weight excluding hydrogens is 483 g/mol. The zero-order chi connectivity index (χ0) is 27.3. The number of rotatable bonds is 8. The van der Waals surface area contributed by atoms with Crippen molar-refractivity contribution in [3.8, 4) is 23.0 Å². The quantitative estimate of drug-likeness (QED) is 0.311. The Labute approximate surface area is 222 Å². The van der Waals surface area contributed by atoms with Crippen LogP contribution < -0.4 is 16.4 Å². The van der Waals surface area contributed by atoms with Crippen molar-refractivity contribution in [1.29, 1.82) is 0 Å². The van der Waals surface area contributed by atoms with Crippen molar-refractivity contribution in [3.63, 3.8) is 0 Å². The third-order valence-electron chi connectivity index (χ3n) is 6.17. The Morgan fingerprint density at radius 1 is 1.16 bits per heavy atom. The molecule has 1 aliphatic carbocycles. The summed E-state index contributed by atoms with van der Waals surface area (Å²) in [6, 6.07) is 11.8. The summed E-state index contributed by atoms with van der Waals surface area (Å²) in [5.41, 5.74) is 8.60. The van der Waals surface area contributed by atoms with Gasteiger partial charge in [-0.1, -0.05) is 36.1 Å². The van der Waals surface area contributed by atoms with E-state index in [1.165, 1.54) is 12.1 Å². The highest BCUT2D eigenvalue weighted by atomic mass is 19.1. The van der Waals surface area contributed by atoms with E-state index in [-0.39, 0.29) is 24.3 Å². The predicted octanol–water partition coefficient (Wildman–Crippen LogP) is 5.10. The van der Waals surface area contributed by atoms with Gasteiger partial charge in [-0.25, -0.2) is 9.18 Å². The van der Waals surface area contributed by atoms with Gasteiger partial charge in [0.15, 0.2) is 0 Å². The molecule has 3 aromatic rings. The van der Waals surface area contributed by atoms with E-state index in [0.29, 0.717) is 36.6 Å². The van der Waals surface area contributed by atoms with Crippen LogP contribution in [-0.2, 0) is 4.74 Å². The molecule has 38 heavy (non-hydrogen) atoms. The van der Waals surface area contributed by atoms with Crippen LogP contribution in [0.25, 0.3) is 22.0 Å². The number of carbonyl (C=O) groups excluding carboxylic acids is 2.